The molecule has 0 bridgehead atoms. The summed E-state index contributed by atoms with van der Waals surface area (Å²) in [5.74, 6) is 1.46. The highest BCUT2D eigenvalue weighted by molar-refractivity contribution is 5.85. The van der Waals surface area contributed by atoms with E-state index in [-0.39, 0.29) is 18.4 Å². The zero-order valence-electron chi connectivity index (χ0n) is 19.9. The average molecular weight is 439 g/mol. The molecular weight excluding hydrogens is 400 g/mol. The van der Waals surface area contributed by atoms with Gasteiger partial charge in [0.05, 0.1) is 12.8 Å². The van der Waals surface area contributed by atoms with Crippen LogP contribution in [-0.2, 0) is 22.6 Å². The third kappa shape index (κ3) is 7.25. The summed E-state index contributed by atoms with van der Waals surface area (Å²) in [6, 6.07) is 13.9. The van der Waals surface area contributed by atoms with Gasteiger partial charge in [-0.15, -0.1) is 0 Å². The van der Waals surface area contributed by atoms with Crippen molar-refractivity contribution in [3.63, 3.8) is 0 Å². The molecule has 1 aliphatic carbocycles. The molecule has 1 fully saturated rings. The van der Waals surface area contributed by atoms with E-state index in [9.17, 15) is 9.59 Å². The molecule has 0 saturated heterocycles. The maximum atomic E-state index is 13.4. The van der Waals surface area contributed by atoms with Crippen molar-refractivity contribution in [2.24, 2.45) is 5.92 Å². The Hall–Kier alpha value is -2.56. The second kappa shape index (κ2) is 11.3. The van der Waals surface area contributed by atoms with E-state index in [0.29, 0.717) is 25.4 Å². The number of hydrogen-bond acceptors (Lipinski definition) is 3. The molecule has 32 heavy (non-hydrogen) atoms. The molecule has 1 aromatic heterocycles. The molecule has 1 heterocycles. The van der Waals surface area contributed by atoms with E-state index in [1.54, 1.807) is 11.2 Å². The molecule has 0 radical (unpaired) electrons. The van der Waals surface area contributed by atoms with Crippen LogP contribution in [0.4, 0.5) is 0 Å². The van der Waals surface area contributed by atoms with Gasteiger partial charge in [0.25, 0.3) is 0 Å². The Bertz CT molecular complexity index is 834. The highest BCUT2D eigenvalue weighted by atomic mass is 16.3. The summed E-state index contributed by atoms with van der Waals surface area (Å²) in [7, 11) is 0. The van der Waals surface area contributed by atoms with Gasteiger partial charge >= 0.3 is 0 Å². The lowest BCUT2D eigenvalue weighted by atomic mass is 9.99. The Balaban J connectivity index is 1.66. The maximum Gasteiger partial charge on any atom is 0.242 e. The number of carbonyl (C=O) groups is 2. The fraction of sp³-hybridized carbons (Fsp3) is 0.556. The fourth-order valence-corrected chi connectivity index (χ4v) is 4.49. The zero-order chi connectivity index (χ0) is 23.0. The van der Waals surface area contributed by atoms with E-state index in [4.69, 9.17) is 4.42 Å². The third-order valence-electron chi connectivity index (χ3n) is 6.44. The molecule has 5 heteroatoms. The summed E-state index contributed by atoms with van der Waals surface area (Å²) in [4.78, 5) is 30.1. The molecule has 2 aromatic rings. The Morgan fingerprint density at radius 3 is 2.34 bits per heavy atom. The van der Waals surface area contributed by atoms with Crippen LogP contribution in [0.15, 0.2) is 53.1 Å². The van der Waals surface area contributed by atoms with Crippen LogP contribution < -0.4 is 0 Å². The first-order chi connectivity index (χ1) is 15.3. The minimum Gasteiger partial charge on any atom is -0.467 e. The van der Waals surface area contributed by atoms with Gasteiger partial charge in [-0.2, -0.15) is 0 Å². The molecule has 0 N–H and O–H groups in total. The molecule has 0 aliphatic heterocycles. The first-order valence-corrected chi connectivity index (χ1v) is 12.0. The van der Waals surface area contributed by atoms with Crippen molar-refractivity contribution in [2.45, 2.75) is 77.8 Å². The second-order valence-corrected chi connectivity index (χ2v) is 9.97. The van der Waals surface area contributed by atoms with E-state index < -0.39 is 5.54 Å². The van der Waals surface area contributed by atoms with Crippen LogP contribution in [0.5, 0.6) is 0 Å². The summed E-state index contributed by atoms with van der Waals surface area (Å²) < 4.78 is 5.51. The van der Waals surface area contributed by atoms with E-state index >= 15 is 0 Å². The zero-order valence-corrected chi connectivity index (χ0v) is 19.9. The molecule has 0 spiro atoms. The first-order valence-electron chi connectivity index (χ1n) is 12.0. The van der Waals surface area contributed by atoms with Gasteiger partial charge in [-0.1, -0.05) is 56.0 Å². The molecule has 5 nitrogen and oxygen atoms in total. The minimum absolute atomic E-state index is 0.0403. The fourth-order valence-electron chi connectivity index (χ4n) is 4.49. The van der Waals surface area contributed by atoms with E-state index in [2.05, 4.69) is 12.1 Å². The Morgan fingerprint density at radius 2 is 1.72 bits per heavy atom. The van der Waals surface area contributed by atoms with Crippen LogP contribution in [0, 0.1) is 5.92 Å². The molecule has 1 saturated carbocycles. The van der Waals surface area contributed by atoms with Crippen molar-refractivity contribution < 1.29 is 14.0 Å². The van der Waals surface area contributed by atoms with Gasteiger partial charge in [0, 0.05) is 18.5 Å². The van der Waals surface area contributed by atoms with Crippen molar-refractivity contribution >= 4 is 11.8 Å². The third-order valence-corrected chi connectivity index (χ3v) is 6.44. The van der Waals surface area contributed by atoms with Gasteiger partial charge < -0.3 is 14.2 Å². The van der Waals surface area contributed by atoms with E-state index in [1.165, 1.54) is 31.2 Å². The monoisotopic (exact) mass is 438 g/mol. The van der Waals surface area contributed by atoms with E-state index in [1.807, 2.05) is 56.0 Å². The number of hydrogen-bond donors (Lipinski definition) is 0. The lowest BCUT2D eigenvalue weighted by Crippen LogP contribution is -2.51. The summed E-state index contributed by atoms with van der Waals surface area (Å²) in [6.07, 6.45) is 8.88. The molecule has 3 rings (SSSR count). The number of nitrogens with zero attached hydrogens (tertiary/aromatic N) is 2. The van der Waals surface area contributed by atoms with Crippen molar-refractivity contribution in [3.05, 3.63) is 60.1 Å². The number of amides is 2. The average Bonchev–Trinajstić information content (AvgIpc) is 3.47. The highest BCUT2D eigenvalue weighted by Crippen LogP contribution is 2.29. The molecule has 0 atom stereocenters. The number of rotatable bonds is 10. The summed E-state index contributed by atoms with van der Waals surface area (Å²) in [5.41, 5.74) is 0.781. The van der Waals surface area contributed by atoms with Crippen LogP contribution >= 0.6 is 0 Å². The van der Waals surface area contributed by atoms with Crippen molar-refractivity contribution in [3.8, 4) is 0 Å². The largest absolute Gasteiger partial charge is 0.467 e. The molecule has 2 amide bonds. The van der Waals surface area contributed by atoms with Crippen LogP contribution in [-0.4, -0.2) is 40.2 Å². The highest BCUT2D eigenvalue weighted by Gasteiger charge is 2.30. The lowest BCUT2D eigenvalue weighted by Gasteiger charge is -2.37. The summed E-state index contributed by atoms with van der Waals surface area (Å²) in [6.45, 7) is 7.12. The lowest BCUT2D eigenvalue weighted by molar-refractivity contribution is -0.145. The SMILES string of the molecule is CC(C)(C)N(CC(=O)N(CCc1ccccc1)Cc1ccco1)C(=O)CCC1CCCC1. The van der Waals surface area contributed by atoms with E-state index in [0.717, 1.165) is 18.6 Å². The number of benzene rings is 1. The Kier molecular flexibility index (Phi) is 8.54. The molecule has 1 aliphatic rings. The van der Waals surface area contributed by atoms with Crippen LogP contribution in [0.2, 0.25) is 0 Å². The number of carbonyl (C=O) groups excluding carboxylic acids is 2. The van der Waals surface area contributed by atoms with Crippen molar-refractivity contribution in [1.82, 2.24) is 9.80 Å². The Morgan fingerprint density at radius 1 is 1.00 bits per heavy atom. The second-order valence-electron chi connectivity index (χ2n) is 9.97. The maximum absolute atomic E-state index is 13.4. The quantitative estimate of drug-likeness (QED) is 0.496. The van der Waals surface area contributed by atoms with Gasteiger partial charge in [-0.3, -0.25) is 9.59 Å². The van der Waals surface area contributed by atoms with Crippen LogP contribution in [0.25, 0.3) is 0 Å². The van der Waals surface area contributed by atoms with Gasteiger partial charge in [-0.05, 0) is 57.2 Å². The number of furan rings is 1. The van der Waals surface area contributed by atoms with Gasteiger partial charge in [-0.25, -0.2) is 0 Å². The standard InChI is InChI=1S/C27H38N2O3/c1-27(2,3)29(25(30)16-15-22-12-7-8-13-22)21-26(31)28(20-24-14-9-19-32-24)18-17-23-10-5-4-6-11-23/h4-6,9-11,14,19,22H,7-8,12-13,15-18,20-21H2,1-3H3. The molecule has 0 unspecified atom stereocenters. The molecular formula is C27H38N2O3. The van der Waals surface area contributed by atoms with Gasteiger partial charge in [0.1, 0.15) is 12.3 Å². The summed E-state index contributed by atoms with van der Waals surface area (Å²) >= 11 is 0. The van der Waals surface area contributed by atoms with Crippen molar-refractivity contribution in [1.29, 1.82) is 0 Å². The topological polar surface area (TPSA) is 53.8 Å². The summed E-state index contributed by atoms with van der Waals surface area (Å²) in [5, 5.41) is 0. The smallest absolute Gasteiger partial charge is 0.242 e. The van der Waals surface area contributed by atoms with Crippen LogP contribution in [0.1, 0.15) is 70.6 Å². The molecule has 174 valence electrons. The van der Waals surface area contributed by atoms with Crippen molar-refractivity contribution in [2.75, 3.05) is 13.1 Å². The predicted molar refractivity (Wildman–Crippen MR) is 127 cm³/mol. The van der Waals surface area contributed by atoms with Gasteiger partial charge in [0.15, 0.2) is 0 Å². The minimum atomic E-state index is -0.405. The molecule has 1 aromatic carbocycles. The van der Waals surface area contributed by atoms with Crippen LogP contribution in [0.3, 0.4) is 0 Å². The normalized spacial score (nSPS) is 14.5. The first kappa shape index (κ1) is 24.1. The van der Waals surface area contributed by atoms with Gasteiger partial charge in [0.2, 0.25) is 11.8 Å². The predicted octanol–water partition coefficient (Wildman–Crippen LogP) is 5.45. The Labute approximate surface area is 192 Å².